The minimum absolute atomic E-state index is 0.308. The lowest BCUT2D eigenvalue weighted by Crippen LogP contribution is -2.11. The van der Waals surface area contributed by atoms with E-state index in [4.69, 9.17) is 0 Å². The molecule has 0 aliphatic heterocycles. The number of hydrogen-bond acceptors (Lipinski definition) is 6. The first-order valence-electron chi connectivity index (χ1n) is 10.0. The van der Waals surface area contributed by atoms with Crippen LogP contribution in [0, 0.1) is 12.7 Å². The second kappa shape index (κ2) is 8.15. The van der Waals surface area contributed by atoms with Crippen LogP contribution in [0.15, 0.2) is 67.1 Å². The van der Waals surface area contributed by atoms with Gasteiger partial charge in [0.15, 0.2) is 5.82 Å². The molecule has 0 fully saturated rings. The minimum Gasteiger partial charge on any atom is -0.453 e. The highest BCUT2D eigenvalue weighted by molar-refractivity contribution is 5.83. The van der Waals surface area contributed by atoms with Gasteiger partial charge in [0, 0.05) is 29.2 Å². The monoisotopic (exact) mass is 443 g/mol. The molecule has 0 bridgehead atoms. The van der Waals surface area contributed by atoms with Gasteiger partial charge in [-0.2, -0.15) is 0 Å². The molecule has 4 heterocycles. The van der Waals surface area contributed by atoms with E-state index in [9.17, 15) is 9.18 Å². The van der Waals surface area contributed by atoms with E-state index < -0.39 is 6.09 Å². The third-order valence-electron chi connectivity index (χ3n) is 5.15. The van der Waals surface area contributed by atoms with Gasteiger partial charge in [-0.05, 0) is 55.5 Å². The fourth-order valence-electron chi connectivity index (χ4n) is 3.55. The maximum atomic E-state index is 13.4. The average molecular weight is 443 g/mol. The normalized spacial score (nSPS) is 11.0. The number of fused-ring (bicyclic) bond motifs is 1. The number of hydrogen-bond donors (Lipinski definition) is 1. The number of halogens is 1. The van der Waals surface area contributed by atoms with Gasteiger partial charge in [-0.15, -0.1) is 10.2 Å². The molecule has 0 aliphatic carbocycles. The first-order chi connectivity index (χ1) is 16.0. The van der Waals surface area contributed by atoms with Gasteiger partial charge in [-0.25, -0.2) is 19.2 Å². The Bertz CT molecular complexity index is 1460. The Hall–Kier alpha value is -4.60. The van der Waals surface area contributed by atoms with E-state index in [1.807, 2.05) is 40.3 Å². The number of pyridine rings is 2. The van der Waals surface area contributed by atoms with Gasteiger partial charge in [-0.3, -0.25) is 14.3 Å². The molecule has 0 saturated heterocycles. The first-order valence-corrected chi connectivity index (χ1v) is 10.0. The Balaban J connectivity index is 1.55. The first kappa shape index (κ1) is 20.3. The number of amides is 1. The fourth-order valence-corrected chi connectivity index (χ4v) is 3.55. The zero-order chi connectivity index (χ0) is 22.9. The Morgan fingerprint density at radius 1 is 0.970 bits per heavy atom. The third-order valence-corrected chi connectivity index (χ3v) is 5.15. The lowest BCUT2D eigenvalue weighted by atomic mass is 10.2. The van der Waals surface area contributed by atoms with Crippen molar-refractivity contribution in [2.75, 3.05) is 12.4 Å². The number of carbonyl (C=O) groups is 1. The van der Waals surface area contributed by atoms with Crippen LogP contribution in [0.3, 0.4) is 0 Å². The fraction of sp³-hybridized carbons (Fsp3) is 0.0870. The van der Waals surface area contributed by atoms with Crippen LogP contribution in [0.1, 0.15) is 5.82 Å². The maximum Gasteiger partial charge on any atom is 0.412 e. The average Bonchev–Trinajstić information content (AvgIpc) is 3.43. The molecule has 5 aromatic rings. The third kappa shape index (κ3) is 3.78. The highest BCUT2D eigenvalue weighted by Gasteiger charge is 2.15. The highest BCUT2D eigenvalue weighted by atomic mass is 19.1. The smallest absolute Gasteiger partial charge is 0.412 e. The molecular weight excluding hydrogens is 425 g/mol. The van der Waals surface area contributed by atoms with Crippen LogP contribution in [0.25, 0.3) is 34.0 Å². The molecule has 0 aliphatic rings. The second-order valence-corrected chi connectivity index (χ2v) is 7.22. The van der Waals surface area contributed by atoms with Crippen LogP contribution in [0.4, 0.5) is 15.0 Å². The zero-order valence-electron chi connectivity index (χ0n) is 17.7. The summed E-state index contributed by atoms with van der Waals surface area (Å²) in [7, 11) is 1.29. The number of benzene rings is 1. The number of nitrogens with one attached hydrogen (secondary N) is 1. The van der Waals surface area contributed by atoms with Crippen molar-refractivity contribution in [3.8, 4) is 28.3 Å². The summed E-state index contributed by atoms with van der Waals surface area (Å²) in [6.45, 7) is 1.84. The Kier molecular flexibility index (Phi) is 5.02. The number of nitrogens with zero attached hydrogens (tertiary/aromatic N) is 6. The molecule has 33 heavy (non-hydrogen) atoms. The number of anilines is 1. The summed E-state index contributed by atoms with van der Waals surface area (Å²) in [5.74, 6) is 1.37. The number of aromatic nitrogens is 6. The number of rotatable bonds is 4. The van der Waals surface area contributed by atoms with Crippen molar-refractivity contribution >= 4 is 17.6 Å². The predicted octanol–water partition coefficient (Wildman–Crippen LogP) is 4.27. The molecule has 5 rings (SSSR count). The van der Waals surface area contributed by atoms with Crippen molar-refractivity contribution in [2.45, 2.75) is 6.92 Å². The molecule has 0 unspecified atom stereocenters. The summed E-state index contributed by atoms with van der Waals surface area (Å²) < 4.78 is 21.8. The standard InChI is InChI=1S/C23H18FN7O2/c1-14-28-29-22(31(14)18-7-5-17(24)6-8-18)16-4-10-21-26-12-19(30(21)13-16)15-3-9-20(25-11-15)27-23(32)33-2/h3-13H,1-2H3,(H,25,27,32). The minimum atomic E-state index is -0.588. The molecule has 0 saturated carbocycles. The van der Waals surface area contributed by atoms with Crippen molar-refractivity contribution in [3.05, 3.63) is 78.8 Å². The topological polar surface area (TPSA) is 99.2 Å². The van der Waals surface area contributed by atoms with E-state index in [2.05, 4.69) is 30.2 Å². The molecule has 9 nitrogen and oxygen atoms in total. The van der Waals surface area contributed by atoms with Gasteiger partial charge >= 0.3 is 6.09 Å². The summed E-state index contributed by atoms with van der Waals surface area (Å²) >= 11 is 0. The van der Waals surface area contributed by atoms with Crippen molar-refractivity contribution in [1.29, 1.82) is 0 Å². The number of ether oxygens (including phenoxy) is 1. The summed E-state index contributed by atoms with van der Waals surface area (Å²) in [5, 5.41) is 11.1. The molecule has 0 radical (unpaired) electrons. The largest absolute Gasteiger partial charge is 0.453 e. The molecule has 1 N–H and O–H groups in total. The van der Waals surface area contributed by atoms with Gasteiger partial charge < -0.3 is 4.74 Å². The molecule has 10 heteroatoms. The van der Waals surface area contributed by atoms with E-state index in [0.717, 1.165) is 28.2 Å². The van der Waals surface area contributed by atoms with E-state index in [0.29, 0.717) is 17.5 Å². The number of aryl methyl sites for hydroxylation is 1. The SMILES string of the molecule is COC(=O)Nc1ccc(-c2cnc3ccc(-c4nnc(C)n4-c4ccc(F)cc4)cn23)cn1. The quantitative estimate of drug-likeness (QED) is 0.445. The van der Waals surface area contributed by atoms with Crippen LogP contribution in [-0.2, 0) is 4.74 Å². The number of imidazole rings is 1. The molecule has 1 amide bonds. The molecule has 0 atom stereocenters. The van der Waals surface area contributed by atoms with Gasteiger partial charge in [-0.1, -0.05) is 0 Å². The second-order valence-electron chi connectivity index (χ2n) is 7.22. The van der Waals surface area contributed by atoms with Gasteiger partial charge in [0.25, 0.3) is 0 Å². The van der Waals surface area contributed by atoms with Crippen molar-refractivity contribution in [1.82, 2.24) is 29.1 Å². The number of carbonyl (C=O) groups excluding carboxylic acids is 1. The Morgan fingerprint density at radius 2 is 1.76 bits per heavy atom. The Labute approximate surface area is 187 Å². The maximum absolute atomic E-state index is 13.4. The highest BCUT2D eigenvalue weighted by Crippen LogP contribution is 2.27. The summed E-state index contributed by atoms with van der Waals surface area (Å²) in [6, 6.07) is 13.5. The summed E-state index contributed by atoms with van der Waals surface area (Å²) in [6.07, 6.45) is 4.73. The van der Waals surface area contributed by atoms with Gasteiger partial charge in [0.05, 0.1) is 19.0 Å². The predicted molar refractivity (Wildman–Crippen MR) is 119 cm³/mol. The molecule has 4 aromatic heterocycles. The molecule has 1 aromatic carbocycles. The lowest BCUT2D eigenvalue weighted by molar-refractivity contribution is 0.187. The van der Waals surface area contributed by atoms with Gasteiger partial charge in [0.2, 0.25) is 0 Å². The van der Waals surface area contributed by atoms with Crippen molar-refractivity contribution < 1.29 is 13.9 Å². The number of methoxy groups -OCH3 is 1. The summed E-state index contributed by atoms with van der Waals surface area (Å²) in [5.41, 5.74) is 3.94. The van der Waals surface area contributed by atoms with Crippen LogP contribution < -0.4 is 5.32 Å². The van der Waals surface area contributed by atoms with E-state index >= 15 is 0 Å². The summed E-state index contributed by atoms with van der Waals surface area (Å²) in [4.78, 5) is 20.1. The van der Waals surface area contributed by atoms with Crippen LogP contribution in [-0.4, -0.2) is 42.3 Å². The Morgan fingerprint density at radius 3 is 2.48 bits per heavy atom. The van der Waals surface area contributed by atoms with E-state index in [-0.39, 0.29) is 5.82 Å². The molecule has 164 valence electrons. The van der Waals surface area contributed by atoms with Crippen LogP contribution in [0.5, 0.6) is 0 Å². The van der Waals surface area contributed by atoms with Crippen molar-refractivity contribution in [2.24, 2.45) is 0 Å². The lowest BCUT2D eigenvalue weighted by Gasteiger charge is -2.10. The zero-order valence-corrected chi connectivity index (χ0v) is 17.7. The van der Waals surface area contributed by atoms with E-state index in [1.165, 1.54) is 19.2 Å². The van der Waals surface area contributed by atoms with Crippen molar-refractivity contribution in [3.63, 3.8) is 0 Å². The molecule has 0 spiro atoms. The molecular formula is C23H18FN7O2. The van der Waals surface area contributed by atoms with Gasteiger partial charge in [0.1, 0.15) is 23.1 Å². The van der Waals surface area contributed by atoms with Crippen LogP contribution >= 0.6 is 0 Å². The van der Waals surface area contributed by atoms with E-state index in [1.54, 1.807) is 30.6 Å². The van der Waals surface area contributed by atoms with Crippen LogP contribution in [0.2, 0.25) is 0 Å².